The van der Waals surface area contributed by atoms with Crippen LogP contribution in [0.15, 0.2) is 54.7 Å². The van der Waals surface area contributed by atoms with Gasteiger partial charge in [0.25, 0.3) is 5.91 Å². The minimum absolute atomic E-state index is 0.0628. The zero-order valence-corrected chi connectivity index (χ0v) is 17.3. The highest BCUT2D eigenvalue weighted by atomic mass is 19.1. The quantitative estimate of drug-likeness (QED) is 0.357. The van der Waals surface area contributed by atoms with Gasteiger partial charge in [0, 0.05) is 6.20 Å². The number of hydrogen-bond acceptors (Lipinski definition) is 4. The van der Waals surface area contributed by atoms with Crippen LogP contribution in [-0.2, 0) is 0 Å². The molecule has 0 unspecified atom stereocenters. The number of carbonyl (C=O) groups excluding carboxylic acids is 1. The third-order valence-corrected chi connectivity index (χ3v) is 4.60. The Morgan fingerprint density at radius 2 is 2.00 bits per heavy atom. The van der Waals surface area contributed by atoms with Gasteiger partial charge in [-0.2, -0.15) is 0 Å². The summed E-state index contributed by atoms with van der Waals surface area (Å²) < 4.78 is 20.4. The van der Waals surface area contributed by atoms with Crippen LogP contribution < -0.4 is 10.1 Å². The van der Waals surface area contributed by atoms with Crippen LogP contribution in [0.25, 0.3) is 11.0 Å². The average Bonchev–Trinajstić information content (AvgIpc) is 2.75. The van der Waals surface area contributed by atoms with E-state index in [4.69, 9.17) is 4.74 Å². The van der Waals surface area contributed by atoms with Gasteiger partial charge < -0.3 is 10.1 Å². The van der Waals surface area contributed by atoms with Gasteiger partial charge in [0.2, 0.25) is 0 Å². The summed E-state index contributed by atoms with van der Waals surface area (Å²) in [6.07, 6.45) is 9.82. The predicted molar refractivity (Wildman–Crippen MR) is 117 cm³/mol. The molecule has 3 aromatic rings. The summed E-state index contributed by atoms with van der Waals surface area (Å²) in [6, 6.07) is 10.0. The number of aromatic nitrogens is 2. The molecule has 0 saturated carbocycles. The number of nitrogens with zero attached hydrogens (tertiary/aromatic N) is 2. The number of ether oxygens (including phenoxy) is 1. The Morgan fingerprint density at radius 3 is 2.83 bits per heavy atom. The largest absolute Gasteiger partial charge is 0.490 e. The number of halogens is 1. The Hall–Kier alpha value is -3.28. The van der Waals surface area contributed by atoms with Crippen molar-refractivity contribution in [3.8, 4) is 5.75 Å². The first-order valence-electron chi connectivity index (χ1n) is 10.2. The average molecular weight is 407 g/mol. The van der Waals surface area contributed by atoms with Crippen molar-refractivity contribution in [1.82, 2.24) is 9.97 Å². The maximum absolute atomic E-state index is 14.8. The molecule has 0 fully saturated rings. The van der Waals surface area contributed by atoms with E-state index in [9.17, 15) is 9.18 Å². The maximum atomic E-state index is 14.8. The highest BCUT2D eigenvalue weighted by Gasteiger charge is 2.16. The van der Waals surface area contributed by atoms with E-state index in [0.717, 1.165) is 25.7 Å². The number of anilines is 1. The van der Waals surface area contributed by atoms with Gasteiger partial charge >= 0.3 is 0 Å². The molecule has 0 saturated heterocycles. The van der Waals surface area contributed by atoms with Crippen molar-refractivity contribution in [1.29, 1.82) is 0 Å². The first kappa shape index (κ1) is 21.4. The van der Waals surface area contributed by atoms with Crippen LogP contribution in [0, 0.1) is 12.7 Å². The molecular weight excluding hydrogens is 381 g/mol. The monoisotopic (exact) mass is 407 g/mol. The molecule has 1 aromatic carbocycles. The summed E-state index contributed by atoms with van der Waals surface area (Å²) in [5.41, 5.74) is 2.28. The van der Waals surface area contributed by atoms with E-state index in [1.54, 1.807) is 43.5 Å². The molecular formula is C24H26FN3O2. The molecule has 0 aliphatic rings. The molecule has 0 atom stereocenters. The topological polar surface area (TPSA) is 64.1 Å². The van der Waals surface area contributed by atoms with Crippen molar-refractivity contribution in [2.75, 3.05) is 11.9 Å². The molecule has 156 valence electrons. The fourth-order valence-electron chi connectivity index (χ4n) is 3.01. The van der Waals surface area contributed by atoms with Crippen molar-refractivity contribution in [2.45, 2.75) is 39.5 Å². The van der Waals surface area contributed by atoms with Crippen molar-refractivity contribution in [3.63, 3.8) is 0 Å². The second-order valence-corrected chi connectivity index (χ2v) is 7.02. The smallest absolute Gasteiger partial charge is 0.274 e. The number of benzene rings is 1. The molecule has 2 heterocycles. The lowest BCUT2D eigenvalue weighted by Crippen LogP contribution is -2.16. The van der Waals surface area contributed by atoms with Gasteiger partial charge in [-0.3, -0.25) is 9.78 Å². The number of amides is 1. The Bertz CT molecular complexity index is 1050. The zero-order valence-electron chi connectivity index (χ0n) is 17.3. The number of rotatable bonds is 9. The minimum Gasteiger partial charge on any atom is -0.490 e. The molecule has 0 bridgehead atoms. The van der Waals surface area contributed by atoms with E-state index in [0.29, 0.717) is 23.2 Å². The van der Waals surface area contributed by atoms with E-state index in [-0.39, 0.29) is 17.1 Å². The summed E-state index contributed by atoms with van der Waals surface area (Å²) in [5.74, 6) is -0.944. The molecule has 3 rings (SSSR count). The second-order valence-electron chi connectivity index (χ2n) is 7.02. The first-order chi connectivity index (χ1) is 14.6. The summed E-state index contributed by atoms with van der Waals surface area (Å²) in [6.45, 7) is 4.32. The molecule has 5 nitrogen and oxygen atoms in total. The Labute approximate surface area is 176 Å². The van der Waals surface area contributed by atoms with Gasteiger partial charge in [-0.15, -0.1) is 0 Å². The normalized spacial score (nSPS) is 11.2. The Kier molecular flexibility index (Phi) is 7.49. The predicted octanol–water partition coefficient (Wildman–Crippen LogP) is 5.84. The first-order valence-corrected chi connectivity index (χ1v) is 10.2. The third-order valence-electron chi connectivity index (χ3n) is 4.60. The number of carbonyl (C=O) groups is 1. The maximum Gasteiger partial charge on any atom is 0.274 e. The molecule has 1 N–H and O–H groups in total. The zero-order chi connectivity index (χ0) is 21.3. The van der Waals surface area contributed by atoms with Gasteiger partial charge in [-0.1, -0.05) is 31.6 Å². The lowest BCUT2D eigenvalue weighted by Gasteiger charge is -2.12. The number of allylic oxidation sites excluding steroid dienone is 2. The van der Waals surface area contributed by atoms with Gasteiger partial charge in [0.15, 0.2) is 11.6 Å². The molecule has 0 radical (unpaired) electrons. The van der Waals surface area contributed by atoms with Crippen molar-refractivity contribution in [3.05, 3.63) is 71.8 Å². The highest BCUT2D eigenvalue weighted by Crippen LogP contribution is 2.25. The van der Waals surface area contributed by atoms with Gasteiger partial charge in [-0.05, 0) is 62.1 Å². The van der Waals surface area contributed by atoms with Crippen LogP contribution in [0.2, 0.25) is 0 Å². The molecule has 0 spiro atoms. The molecule has 0 aliphatic heterocycles. The number of unbranched alkanes of at least 4 members (excludes halogenated alkanes) is 2. The van der Waals surface area contributed by atoms with Crippen LogP contribution in [0.4, 0.5) is 10.1 Å². The number of fused-ring (bicyclic) bond motifs is 1. The van der Waals surface area contributed by atoms with Crippen LogP contribution in [0.5, 0.6) is 5.75 Å². The number of hydrogen-bond donors (Lipinski definition) is 1. The lowest BCUT2D eigenvalue weighted by molar-refractivity contribution is 0.102. The van der Waals surface area contributed by atoms with Gasteiger partial charge in [-0.25, -0.2) is 9.37 Å². The number of pyridine rings is 2. The van der Waals surface area contributed by atoms with Gasteiger partial charge in [0.1, 0.15) is 5.69 Å². The SMILES string of the molecule is CCCC=CCCCOc1cccc(NC(=O)c2nc3cccnc3cc2C)c1F. The van der Waals surface area contributed by atoms with E-state index in [1.807, 2.05) is 0 Å². The molecule has 0 aliphatic carbocycles. The van der Waals surface area contributed by atoms with Crippen molar-refractivity contribution < 1.29 is 13.9 Å². The summed E-state index contributed by atoms with van der Waals surface area (Å²) in [5, 5.41) is 2.61. The summed E-state index contributed by atoms with van der Waals surface area (Å²) in [4.78, 5) is 21.3. The summed E-state index contributed by atoms with van der Waals surface area (Å²) >= 11 is 0. The van der Waals surface area contributed by atoms with Crippen molar-refractivity contribution >= 4 is 22.6 Å². The Morgan fingerprint density at radius 1 is 1.17 bits per heavy atom. The fourth-order valence-corrected chi connectivity index (χ4v) is 3.01. The molecule has 30 heavy (non-hydrogen) atoms. The second kappa shape index (κ2) is 10.5. The van der Waals surface area contributed by atoms with Crippen molar-refractivity contribution in [2.24, 2.45) is 0 Å². The van der Waals surface area contributed by atoms with E-state index >= 15 is 0 Å². The molecule has 2 aromatic heterocycles. The van der Waals surface area contributed by atoms with Crippen LogP contribution in [0.3, 0.4) is 0 Å². The van der Waals surface area contributed by atoms with E-state index < -0.39 is 11.7 Å². The van der Waals surface area contributed by atoms with Crippen LogP contribution in [-0.4, -0.2) is 22.5 Å². The fraction of sp³-hybridized carbons (Fsp3) is 0.292. The van der Waals surface area contributed by atoms with Crippen LogP contribution in [0.1, 0.15) is 48.7 Å². The van der Waals surface area contributed by atoms with Crippen LogP contribution >= 0.6 is 0 Å². The highest BCUT2D eigenvalue weighted by molar-refractivity contribution is 6.05. The third kappa shape index (κ3) is 5.41. The minimum atomic E-state index is -0.590. The van der Waals surface area contributed by atoms with E-state index in [2.05, 4.69) is 34.4 Å². The number of nitrogens with one attached hydrogen (secondary N) is 1. The van der Waals surface area contributed by atoms with Gasteiger partial charge in [0.05, 0.1) is 23.3 Å². The lowest BCUT2D eigenvalue weighted by atomic mass is 10.1. The molecule has 6 heteroatoms. The Balaban J connectivity index is 1.66. The van der Waals surface area contributed by atoms with E-state index in [1.165, 1.54) is 6.07 Å². The number of aryl methyl sites for hydroxylation is 1. The summed E-state index contributed by atoms with van der Waals surface area (Å²) in [7, 11) is 0. The standard InChI is InChI=1S/C24H26FN3O2/c1-3-4-5-6-7-8-15-30-21-13-9-11-19(22(21)25)28-24(29)23-17(2)16-20-18(27-23)12-10-14-26-20/h5-6,9-14,16H,3-4,7-8,15H2,1-2H3,(H,28,29). The molecule has 1 amide bonds.